The molecule has 2 nitrogen and oxygen atoms in total. The number of methoxy groups -OCH3 is 1. The van der Waals surface area contributed by atoms with Crippen molar-refractivity contribution < 1.29 is 9.47 Å². The summed E-state index contributed by atoms with van der Waals surface area (Å²) in [5.74, 6) is 2.17. The van der Waals surface area contributed by atoms with Crippen LogP contribution < -0.4 is 9.47 Å². The van der Waals surface area contributed by atoms with Gasteiger partial charge in [0.05, 0.1) is 13.2 Å². The topological polar surface area (TPSA) is 18.5 Å². The van der Waals surface area contributed by atoms with Crippen molar-refractivity contribution >= 4 is 11.6 Å². The lowest BCUT2D eigenvalue weighted by Gasteiger charge is -2.14. The molecule has 1 fully saturated rings. The molecule has 0 aromatic heterocycles. The van der Waals surface area contributed by atoms with Gasteiger partial charge < -0.3 is 9.47 Å². The number of benzene rings is 1. The summed E-state index contributed by atoms with van der Waals surface area (Å²) >= 11 is 5.83. The summed E-state index contributed by atoms with van der Waals surface area (Å²) in [6.07, 6.45) is 5.24. The van der Waals surface area contributed by atoms with E-state index in [2.05, 4.69) is 0 Å². The second-order valence-corrected chi connectivity index (χ2v) is 4.44. The Labute approximate surface area is 102 Å². The van der Waals surface area contributed by atoms with Crippen molar-refractivity contribution in [3.63, 3.8) is 0 Å². The van der Waals surface area contributed by atoms with Crippen LogP contribution in [0.4, 0.5) is 0 Å². The van der Waals surface area contributed by atoms with E-state index in [0.717, 1.165) is 29.9 Å². The van der Waals surface area contributed by atoms with Crippen molar-refractivity contribution in [2.24, 2.45) is 0 Å². The summed E-state index contributed by atoms with van der Waals surface area (Å²) in [5, 5.41) is 0. The maximum Gasteiger partial charge on any atom is 0.123 e. The van der Waals surface area contributed by atoms with E-state index in [-0.39, 0.29) is 0 Å². The number of hydrogen-bond donors (Lipinski definition) is 0. The molecule has 0 aliphatic heterocycles. The number of halogens is 1. The first-order valence-electron chi connectivity index (χ1n) is 5.72. The smallest absolute Gasteiger partial charge is 0.123 e. The highest BCUT2D eigenvalue weighted by atomic mass is 35.5. The summed E-state index contributed by atoms with van der Waals surface area (Å²) in [4.78, 5) is 0. The zero-order chi connectivity index (χ0) is 11.4. The van der Waals surface area contributed by atoms with Crippen LogP contribution in [0.1, 0.15) is 31.2 Å². The highest BCUT2D eigenvalue weighted by molar-refractivity contribution is 6.17. The quantitative estimate of drug-likeness (QED) is 0.747. The molecule has 1 aromatic carbocycles. The van der Waals surface area contributed by atoms with E-state index in [1.807, 2.05) is 18.2 Å². The van der Waals surface area contributed by atoms with Crippen LogP contribution in [0, 0.1) is 0 Å². The van der Waals surface area contributed by atoms with Gasteiger partial charge in [-0.2, -0.15) is 0 Å². The first kappa shape index (κ1) is 11.6. The molecule has 16 heavy (non-hydrogen) atoms. The van der Waals surface area contributed by atoms with Gasteiger partial charge in [0.2, 0.25) is 0 Å². The predicted octanol–water partition coefficient (Wildman–Crippen LogP) is 3.76. The minimum atomic E-state index is 0.371. The Hall–Kier alpha value is -0.890. The molecule has 0 radical (unpaired) electrons. The maximum absolute atomic E-state index is 5.92. The number of ether oxygens (including phenoxy) is 2. The van der Waals surface area contributed by atoms with Gasteiger partial charge in [-0.05, 0) is 43.4 Å². The second-order valence-electron chi connectivity index (χ2n) is 4.17. The van der Waals surface area contributed by atoms with E-state index in [4.69, 9.17) is 21.1 Å². The van der Waals surface area contributed by atoms with E-state index in [1.165, 1.54) is 12.8 Å². The predicted molar refractivity (Wildman–Crippen MR) is 65.4 cm³/mol. The number of alkyl halides is 1. The Morgan fingerprint density at radius 3 is 2.50 bits per heavy atom. The molecular weight excluding hydrogens is 224 g/mol. The minimum Gasteiger partial charge on any atom is -0.497 e. The number of rotatable bonds is 4. The van der Waals surface area contributed by atoms with Crippen molar-refractivity contribution in [3.05, 3.63) is 23.8 Å². The van der Waals surface area contributed by atoms with Crippen LogP contribution in [0.3, 0.4) is 0 Å². The molecule has 1 saturated carbocycles. The zero-order valence-electron chi connectivity index (χ0n) is 9.54. The van der Waals surface area contributed by atoms with Crippen molar-refractivity contribution in [3.8, 4) is 11.5 Å². The SMILES string of the molecule is COc1cc(CCl)cc(OC2CCCC2)c1. The van der Waals surface area contributed by atoms with Gasteiger partial charge in [0.25, 0.3) is 0 Å². The van der Waals surface area contributed by atoms with Crippen LogP contribution in [0.25, 0.3) is 0 Å². The van der Waals surface area contributed by atoms with Gasteiger partial charge in [-0.1, -0.05) is 0 Å². The Balaban J connectivity index is 2.12. The van der Waals surface area contributed by atoms with E-state index >= 15 is 0 Å². The lowest BCUT2D eigenvalue weighted by molar-refractivity contribution is 0.209. The molecule has 0 saturated heterocycles. The standard InChI is InChI=1S/C13H17ClO2/c1-15-12-6-10(9-14)7-13(8-12)16-11-4-2-3-5-11/h6-8,11H,2-5,9H2,1H3. The molecule has 0 heterocycles. The molecular formula is C13H17ClO2. The van der Waals surface area contributed by atoms with E-state index < -0.39 is 0 Å². The first-order valence-corrected chi connectivity index (χ1v) is 6.26. The summed E-state index contributed by atoms with van der Waals surface area (Å²) in [7, 11) is 1.66. The Bertz CT molecular complexity index is 324. The summed E-state index contributed by atoms with van der Waals surface area (Å²) in [6, 6.07) is 5.86. The first-order chi connectivity index (χ1) is 7.81. The molecule has 1 aromatic rings. The van der Waals surface area contributed by atoms with Crippen LogP contribution in [-0.2, 0) is 5.88 Å². The molecule has 0 bridgehead atoms. The maximum atomic E-state index is 5.92. The zero-order valence-corrected chi connectivity index (χ0v) is 10.3. The fourth-order valence-corrected chi connectivity index (χ4v) is 2.25. The van der Waals surface area contributed by atoms with Gasteiger partial charge in [-0.15, -0.1) is 11.6 Å². The average molecular weight is 241 g/mol. The summed E-state index contributed by atoms with van der Waals surface area (Å²) in [5.41, 5.74) is 1.04. The fraction of sp³-hybridized carbons (Fsp3) is 0.538. The molecule has 0 N–H and O–H groups in total. The summed E-state index contributed by atoms with van der Waals surface area (Å²) in [6.45, 7) is 0. The van der Waals surface area contributed by atoms with E-state index in [9.17, 15) is 0 Å². The third kappa shape index (κ3) is 2.82. The molecule has 0 unspecified atom stereocenters. The molecule has 1 aliphatic carbocycles. The van der Waals surface area contributed by atoms with Crippen molar-refractivity contribution in [2.45, 2.75) is 37.7 Å². The van der Waals surface area contributed by atoms with Crippen LogP contribution >= 0.6 is 11.6 Å². The largest absolute Gasteiger partial charge is 0.497 e. The summed E-state index contributed by atoms with van der Waals surface area (Å²) < 4.78 is 11.1. The van der Waals surface area contributed by atoms with Crippen molar-refractivity contribution in [1.29, 1.82) is 0 Å². The third-order valence-corrected chi connectivity index (χ3v) is 3.24. The van der Waals surface area contributed by atoms with Crippen LogP contribution in [0.5, 0.6) is 11.5 Å². The van der Waals surface area contributed by atoms with E-state index in [0.29, 0.717) is 12.0 Å². The third-order valence-electron chi connectivity index (χ3n) is 2.93. The molecule has 3 heteroatoms. The number of hydrogen-bond acceptors (Lipinski definition) is 2. The van der Waals surface area contributed by atoms with Gasteiger partial charge in [0.1, 0.15) is 11.5 Å². The molecule has 2 rings (SSSR count). The minimum absolute atomic E-state index is 0.371. The molecule has 0 atom stereocenters. The van der Waals surface area contributed by atoms with Gasteiger partial charge in [-0.3, -0.25) is 0 Å². The van der Waals surface area contributed by atoms with Gasteiger partial charge in [-0.25, -0.2) is 0 Å². The second kappa shape index (κ2) is 5.44. The van der Waals surface area contributed by atoms with Gasteiger partial charge in [0, 0.05) is 11.9 Å². The van der Waals surface area contributed by atoms with Crippen molar-refractivity contribution in [1.82, 2.24) is 0 Å². The normalized spacial score (nSPS) is 16.4. The Morgan fingerprint density at radius 1 is 1.19 bits per heavy atom. The lowest BCUT2D eigenvalue weighted by atomic mass is 10.2. The fourth-order valence-electron chi connectivity index (χ4n) is 2.09. The monoisotopic (exact) mass is 240 g/mol. The molecule has 1 aliphatic rings. The molecule has 0 amide bonds. The van der Waals surface area contributed by atoms with E-state index in [1.54, 1.807) is 7.11 Å². The Kier molecular flexibility index (Phi) is 3.94. The van der Waals surface area contributed by atoms with Crippen LogP contribution in [-0.4, -0.2) is 13.2 Å². The van der Waals surface area contributed by atoms with Gasteiger partial charge >= 0.3 is 0 Å². The van der Waals surface area contributed by atoms with Crippen molar-refractivity contribution in [2.75, 3.05) is 7.11 Å². The Morgan fingerprint density at radius 2 is 1.88 bits per heavy atom. The lowest BCUT2D eigenvalue weighted by Crippen LogP contribution is -2.11. The highest BCUT2D eigenvalue weighted by Gasteiger charge is 2.16. The van der Waals surface area contributed by atoms with Gasteiger partial charge in [0.15, 0.2) is 0 Å². The average Bonchev–Trinajstić information content (AvgIpc) is 2.81. The highest BCUT2D eigenvalue weighted by Crippen LogP contribution is 2.28. The molecule has 88 valence electrons. The van der Waals surface area contributed by atoms with Crippen LogP contribution in [0.15, 0.2) is 18.2 Å². The van der Waals surface area contributed by atoms with Crippen LogP contribution in [0.2, 0.25) is 0 Å². The molecule has 0 spiro atoms.